The van der Waals surface area contributed by atoms with Crippen molar-refractivity contribution in [1.82, 2.24) is 5.32 Å². The van der Waals surface area contributed by atoms with Crippen molar-refractivity contribution in [2.45, 2.75) is 39.3 Å². The Balaban J connectivity index is 1.61. The monoisotopic (exact) mass is 263 g/mol. The average Bonchev–Trinajstić information content (AvgIpc) is 3.16. The highest BCUT2D eigenvalue weighted by molar-refractivity contribution is 5.30. The quantitative estimate of drug-likeness (QED) is 0.755. The van der Waals surface area contributed by atoms with Crippen LogP contribution in [0.1, 0.15) is 29.5 Å². The van der Waals surface area contributed by atoms with Gasteiger partial charge in [0.15, 0.2) is 0 Å². The fraction of sp³-hybridized carbons (Fsp3) is 0.625. The summed E-state index contributed by atoms with van der Waals surface area (Å²) in [7, 11) is 0. The zero-order valence-electron chi connectivity index (χ0n) is 12.0. The number of hydrogen-bond acceptors (Lipinski definition) is 3. The minimum atomic E-state index is -0.412. The summed E-state index contributed by atoms with van der Waals surface area (Å²) in [5, 5.41) is 13.1. The number of benzene rings is 1. The maximum Gasteiger partial charge on any atom is 0.0897 e. The molecule has 1 aromatic carbocycles. The van der Waals surface area contributed by atoms with Crippen molar-refractivity contribution in [3.8, 4) is 0 Å². The van der Waals surface area contributed by atoms with Crippen LogP contribution in [0.5, 0.6) is 0 Å². The molecule has 0 radical (unpaired) electrons. The van der Waals surface area contributed by atoms with E-state index < -0.39 is 6.10 Å². The van der Waals surface area contributed by atoms with Crippen LogP contribution in [-0.4, -0.2) is 31.0 Å². The fourth-order valence-corrected chi connectivity index (χ4v) is 2.13. The number of nitrogens with one attached hydrogen (secondary N) is 1. The lowest BCUT2D eigenvalue weighted by Gasteiger charge is -2.13. The second kappa shape index (κ2) is 7.04. The Morgan fingerprint density at radius 1 is 1.37 bits per heavy atom. The van der Waals surface area contributed by atoms with Gasteiger partial charge in [-0.25, -0.2) is 0 Å². The summed E-state index contributed by atoms with van der Waals surface area (Å²) < 4.78 is 5.47. The number of ether oxygens (including phenoxy) is 1. The molecule has 1 aliphatic carbocycles. The first-order valence-electron chi connectivity index (χ1n) is 7.18. The second-order valence-electron chi connectivity index (χ2n) is 5.70. The van der Waals surface area contributed by atoms with Gasteiger partial charge in [0.1, 0.15) is 0 Å². The molecule has 0 saturated heterocycles. The summed E-state index contributed by atoms with van der Waals surface area (Å²) in [6.07, 6.45) is 2.17. The van der Waals surface area contributed by atoms with Crippen LogP contribution in [0.2, 0.25) is 0 Å². The zero-order valence-corrected chi connectivity index (χ0v) is 12.0. The zero-order chi connectivity index (χ0) is 13.7. The molecule has 2 rings (SSSR count). The second-order valence-corrected chi connectivity index (χ2v) is 5.70. The van der Waals surface area contributed by atoms with E-state index in [4.69, 9.17) is 4.74 Å². The van der Waals surface area contributed by atoms with Gasteiger partial charge >= 0.3 is 0 Å². The summed E-state index contributed by atoms with van der Waals surface area (Å²) in [5.41, 5.74) is 3.87. The lowest BCUT2D eigenvalue weighted by atomic mass is 10.1. The van der Waals surface area contributed by atoms with Crippen LogP contribution in [-0.2, 0) is 11.3 Å². The Labute approximate surface area is 116 Å². The van der Waals surface area contributed by atoms with E-state index in [1.165, 1.54) is 29.5 Å². The molecule has 3 nitrogen and oxygen atoms in total. The first-order valence-corrected chi connectivity index (χ1v) is 7.18. The minimum Gasteiger partial charge on any atom is -0.389 e. The van der Waals surface area contributed by atoms with Gasteiger partial charge in [0.25, 0.3) is 0 Å². The minimum absolute atomic E-state index is 0.412. The van der Waals surface area contributed by atoms with Crippen molar-refractivity contribution in [3.63, 3.8) is 0 Å². The van der Waals surface area contributed by atoms with E-state index in [0.29, 0.717) is 13.2 Å². The van der Waals surface area contributed by atoms with Gasteiger partial charge in [0.2, 0.25) is 0 Å². The maximum atomic E-state index is 9.79. The summed E-state index contributed by atoms with van der Waals surface area (Å²) in [6.45, 7) is 6.86. The first kappa shape index (κ1) is 14.5. The third kappa shape index (κ3) is 5.31. The number of aliphatic hydroxyl groups is 1. The summed E-state index contributed by atoms with van der Waals surface area (Å²) in [5.74, 6) is 0.760. The molecule has 0 heterocycles. The lowest BCUT2D eigenvalue weighted by Crippen LogP contribution is -2.30. The van der Waals surface area contributed by atoms with Crippen LogP contribution in [0.25, 0.3) is 0 Å². The van der Waals surface area contributed by atoms with E-state index in [1.807, 2.05) is 0 Å². The molecule has 1 fully saturated rings. The predicted molar refractivity (Wildman–Crippen MR) is 77.2 cm³/mol. The van der Waals surface area contributed by atoms with Gasteiger partial charge in [-0.1, -0.05) is 23.8 Å². The Morgan fingerprint density at radius 3 is 2.84 bits per heavy atom. The molecule has 19 heavy (non-hydrogen) atoms. The third-order valence-corrected chi connectivity index (χ3v) is 3.55. The average molecular weight is 263 g/mol. The van der Waals surface area contributed by atoms with Crippen molar-refractivity contribution in [2.75, 3.05) is 19.8 Å². The van der Waals surface area contributed by atoms with Crippen molar-refractivity contribution in [3.05, 3.63) is 34.9 Å². The molecule has 2 N–H and O–H groups in total. The van der Waals surface area contributed by atoms with E-state index in [0.717, 1.165) is 19.1 Å². The molecule has 1 saturated carbocycles. The molecule has 1 atom stereocenters. The molecule has 0 amide bonds. The van der Waals surface area contributed by atoms with Gasteiger partial charge in [-0.15, -0.1) is 0 Å². The molecule has 3 heteroatoms. The summed E-state index contributed by atoms with van der Waals surface area (Å²) in [6, 6.07) is 6.46. The fourth-order valence-electron chi connectivity index (χ4n) is 2.13. The smallest absolute Gasteiger partial charge is 0.0897 e. The molecule has 1 aromatic rings. The number of rotatable bonds is 8. The molecule has 0 bridgehead atoms. The van der Waals surface area contributed by atoms with Crippen LogP contribution in [0.3, 0.4) is 0 Å². The molecule has 1 aliphatic rings. The SMILES string of the molecule is Cc1ccc(CNCC(O)COCC2CC2)c(C)c1. The highest BCUT2D eigenvalue weighted by Crippen LogP contribution is 2.28. The predicted octanol–water partition coefficient (Wildman–Crippen LogP) is 2.18. The van der Waals surface area contributed by atoms with Gasteiger partial charge in [-0.2, -0.15) is 0 Å². The van der Waals surface area contributed by atoms with Crippen LogP contribution < -0.4 is 5.32 Å². The highest BCUT2D eigenvalue weighted by Gasteiger charge is 2.21. The van der Waals surface area contributed by atoms with Crippen LogP contribution in [0.15, 0.2) is 18.2 Å². The Bertz CT molecular complexity index is 402. The number of aryl methyl sites for hydroxylation is 2. The van der Waals surface area contributed by atoms with Gasteiger partial charge in [-0.3, -0.25) is 0 Å². The Hall–Kier alpha value is -0.900. The summed E-state index contributed by atoms with van der Waals surface area (Å²) >= 11 is 0. The van der Waals surface area contributed by atoms with E-state index >= 15 is 0 Å². The topological polar surface area (TPSA) is 41.5 Å². The maximum absolute atomic E-state index is 9.79. The van der Waals surface area contributed by atoms with Crippen molar-refractivity contribution >= 4 is 0 Å². The summed E-state index contributed by atoms with van der Waals surface area (Å²) in [4.78, 5) is 0. The molecular formula is C16H25NO2. The van der Waals surface area contributed by atoms with Crippen LogP contribution >= 0.6 is 0 Å². The molecule has 106 valence electrons. The Kier molecular flexibility index (Phi) is 5.37. The van der Waals surface area contributed by atoms with Gasteiger partial charge in [0, 0.05) is 19.7 Å². The van der Waals surface area contributed by atoms with E-state index in [1.54, 1.807) is 0 Å². The molecule has 0 aromatic heterocycles. The van der Waals surface area contributed by atoms with Crippen LogP contribution in [0, 0.1) is 19.8 Å². The van der Waals surface area contributed by atoms with Gasteiger partial charge in [-0.05, 0) is 43.7 Å². The van der Waals surface area contributed by atoms with Gasteiger partial charge < -0.3 is 15.2 Å². The number of aliphatic hydroxyl groups excluding tert-OH is 1. The molecular weight excluding hydrogens is 238 g/mol. The standard InChI is InChI=1S/C16H25NO2/c1-12-3-6-15(13(2)7-12)8-17-9-16(18)11-19-10-14-4-5-14/h3,6-7,14,16-18H,4-5,8-11H2,1-2H3. The number of hydrogen-bond donors (Lipinski definition) is 2. The van der Waals surface area contributed by atoms with Crippen molar-refractivity contribution in [2.24, 2.45) is 5.92 Å². The Morgan fingerprint density at radius 2 is 2.16 bits per heavy atom. The molecule has 1 unspecified atom stereocenters. The normalized spacial score (nSPS) is 16.6. The van der Waals surface area contributed by atoms with E-state index in [-0.39, 0.29) is 0 Å². The van der Waals surface area contributed by atoms with Crippen LogP contribution in [0.4, 0.5) is 0 Å². The third-order valence-electron chi connectivity index (χ3n) is 3.55. The first-order chi connectivity index (χ1) is 9.15. The van der Waals surface area contributed by atoms with Crippen molar-refractivity contribution < 1.29 is 9.84 Å². The molecule has 0 spiro atoms. The largest absolute Gasteiger partial charge is 0.389 e. The lowest BCUT2D eigenvalue weighted by molar-refractivity contribution is 0.0324. The van der Waals surface area contributed by atoms with E-state index in [2.05, 4.69) is 37.4 Å². The van der Waals surface area contributed by atoms with E-state index in [9.17, 15) is 5.11 Å². The van der Waals surface area contributed by atoms with Gasteiger partial charge in [0.05, 0.1) is 12.7 Å². The molecule has 0 aliphatic heterocycles. The van der Waals surface area contributed by atoms with Crippen molar-refractivity contribution in [1.29, 1.82) is 0 Å². The highest BCUT2D eigenvalue weighted by atomic mass is 16.5.